The van der Waals surface area contributed by atoms with Crippen LogP contribution in [0.15, 0.2) is 18.2 Å². The normalized spacial score (nSPS) is 12.4. The molecular weight excluding hydrogens is 255 g/mol. The van der Waals surface area contributed by atoms with E-state index in [0.29, 0.717) is 12.0 Å². The lowest BCUT2D eigenvalue weighted by Gasteiger charge is -2.23. The molecule has 0 aliphatic heterocycles. The summed E-state index contributed by atoms with van der Waals surface area (Å²) in [5, 5.41) is 19.6. The highest BCUT2D eigenvalue weighted by molar-refractivity contribution is 5.73. The molecule has 1 atom stereocenters. The molecule has 0 aliphatic carbocycles. The minimum Gasteiger partial charge on any atom is -0.480 e. The number of carbonyl (C=O) groups is 1. The predicted octanol–water partition coefficient (Wildman–Crippen LogP) is 2.03. The van der Waals surface area contributed by atoms with Crippen molar-refractivity contribution in [2.24, 2.45) is 0 Å². The van der Waals surface area contributed by atoms with Gasteiger partial charge in [-0.25, -0.2) is 4.39 Å². The predicted molar refractivity (Wildman–Crippen MR) is 66.2 cm³/mol. The Hall–Kier alpha value is -2.02. The standard InChI is InChI=1S/C12H15FN2O4/c1-3-11(12(16)17)14(2)7-8-4-9(13)6-10(5-8)15(18)19/h4-6,11H,3,7H2,1-2H3,(H,16,17). The number of benzene rings is 1. The zero-order valence-corrected chi connectivity index (χ0v) is 10.7. The number of nitro benzene ring substituents is 1. The summed E-state index contributed by atoms with van der Waals surface area (Å²) in [6.07, 6.45) is 0.392. The fraction of sp³-hybridized carbons (Fsp3) is 0.417. The molecule has 104 valence electrons. The molecule has 0 aromatic heterocycles. The van der Waals surface area contributed by atoms with Crippen molar-refractivity contribution in [3.8, 4) is 0 Å². The van der Waals surface area contributed by atoms with Crippen LogP contribution in [0.5, 0.6) is 0 Å². The van der Waals surface area contributed by atoms with Gasteiger partial charge in [-0.15, -0.1) is 0 Å². The van der Waals surface area contributed by atoms with Crippen molar-refractivity contribution >= 4 is 11.7 Å². The van der Waals surface area contributed by atoms with Crippen molar-refractivity contribution in [1.82, 2.24) is 4.90 Å². The van der Waals surface area contributed by atoms with Gasteiger partial charge in [0.25, 0.3) is 5.69 Å². The summed E-state index contributed by atoms with van der Waals surface area (Å²) in [4.78, 5) is 22.4. The maximum atomic E-state index is 13.2. The van der Waals surface area contributed by atoms with E-state index in [1.807, 2.05) is 0 Å². The third-order valence-corrected chi connectivity index (χ3v) is 2.79. The average Bonchev–Trinajstić information content (AvgIpc) is 2.28. The molecule has 0 spiro atoms. The molecule has 0 fully saturated rings. The number of non-ortho nitro benzene ring substituents is 1. The van der Waals surface area contributed by atoms with E-state index in [2.05, 4.69) is 0 Å². The van der Waals surface area contributed by atoms with Gasteiger partial charge in [-0.2, -0.15) is 0 Å². The van der Waals surface area contributed by atoms with Gasteiger partial charge in [0.15, 0.2) is 0 Å². The van der Waals surface area contributed by atoms with Gasteiger partial charge in [-0.1, -0.05) is 6.92 Å². The minimum atomic E-state index is -0.976. The molecule has 0 radical (unpaired) electrons. The van der Waals surface area contributed by atoms with Crippen LogP contribution in [0.3, 0.4) is 0 Å². The lowest BCUT2D eigenvalue weighted by molar-refractivity contribution is -0.385. The van der Waals surface area contributed by atoms with Gasteiger partial charge in [-0.3, -0.25) is 19.8 Å². The SMILES string of the molecule is CCC(C(=O)O)N(C)Cc1cc(F)cc([N+](=O)[O-])c1. The van der Waals surface area contributed by atoms with Crippen molar-refractivity contribution in [2.75, 3.05) is 7.05 Å². The smallest absolute Gasteiger partial charge is 0.320 e. The highest BCUT2D eigenvalue weighted by atomic mass is 19.1. The second kappa shape index (κ2) is 6.24. The zero-order chi connectivity index (χ0) is 14.6. The molecule has 0 amide bonds. The molecule has 1 rings (SSSR count). The Labute approximate surface area is 109 Å². The fourth-order valence-electron chi connectivity index (χ4n) is 1.90. The minimum absolute atomic E-state index is 0.128. The number of nitrogens with zero attached hydrogens (tertiary/aromatic N) is 2. The Morgan fingerprint density at radius 3 is 2.63 bits per heavy atom. The summed E-state index contributed by atoms with van der Waals surface area (Å²) in [7, 11) is 1.58. The molecule has 1 aromatic rings. The maximum Gasteiger partial charge on any atom is 0.320 e. The monoisotopic (exact) mass is 270 g/mol. The van der Waals surface area contributed by atoms with Crippen LogP contribution in [0.25, 0.3) is 0 Å². The second-order valence-corrected chi connectivity index (χ2v) is 4.25. The Bertz CT molecular complexity index is 493. The van der Waals surface area contributed by atoms with E-state index in [9.17, 15) is 19.3 Å². The molecule has 0 aliphatic rings. The molecule has 0 bridgehead atoms. The summed E-state index contributed by atoms with van der Waals surface area (Å²) in [6, 6.07) is 2.53. The van der Waals surface area contributed by atoms with Crippen molar-refractivity contribution in [3.63, 3.8) is 0 Å². The molecule has 6 nitrogen and oxygen atoms in total. The Morgan fingerprint density at radius 1 is 1.53 bits per heavy atom. The van der Waals surface area contributed by atoms with Crippen LogP contribution in [0.4, 0.5) is 10.1 Å². The van der Waals surface area contributed by atoms with Crippen LogP contribution in [0.1, 0.15) is 18.9 Å². The largest absolute Gasteiger partial charge is 0.480 e. The van der Waals surface area contributed by atoms with E-state index in [1.165, 1.54) is 11.0 Å². The third kappa shape index (κ3) is 3.99. The zero-order valence-electron chi connectivity index (χ0n) is 10.7. The van der Waals surface area contributed by atoms with Gasteiger partial charge < -0.3 is 5.11 Å². The third-order valence-electron chi connectivity index (χ3n) is 2.79. The summed E-state index contributed by atoms with van der Waals surface area (Å²) in [6.45, 7) is 1.85. The van der Waals surface area contributed by atoms with Gasteiger partial charge in [0.1, 0.15) is 11.9 Å². The number of likely N-dealkylation sites (N-methyl/N-ethyl adjacent to an activating group) is 1. The van der Waals surface area contributed by atoms with E-state index in [-0.39, 0.29) is 12.2 Å². The first kappa shape index (κ1) is 15.0. The van der Waals surface area contributed by atoms with Crippen molar-refractivity contribution in [3.05, 3.63) is 39.7 Å². The van der Waals surface area contributed by atoms with Gasteiger partial charge in [0, 0.05) is 12.6 Å². The van der Waals surface area contributed by atoms with Crippen LogP contribution < -0.4 is 0 Å². The molecule has 1 unspecified atom stereocenters. The summed E-state index contributed by atoms with van der Waals surface area (Å²) in [5.41, 5.74) is 0.0284. The summed E-state index contributed by atoms with van der Waals surface area (Å²) in [5.74, 6) is -1.68. The van der Waals surface area contributed by atoms with Gasteiger partial charge >= 0.3 is 5.97 Å². The number of aliphatic carboxylic acids is 1. The molecular formula is C12H15FN2O4. The van der Waals surface area contributed by atoms with Crippen LogP contribution in [0.2, 0.25) is 0 Å². The number of hydrogen-bond acceptors (Lipinski definition) is 4. The van der Waals surface area contributed by atoms with Crippen LogP contribution in [-0.2, 0) is 11.3 Å². The summed E-state index contributed by atoms with van der Waals surface area (Å²) < 4.78 is 13.2. The Kier molecular flexibility index (Phi) is 4.94. The highest BCUT2D eigenvalue weighted by Crippen LogP contribution is 2.18. The van der Waals surface area contributed by atoms with Crippen LogP contribution >= 0.6 is 0 Å². The number of carboxylic acid groups (broad SMARTS) is 1. The molecule has 1 aromatic carbocycles. The molecule has 0 heterocycles. The van der Waals surface area contributed by atoms with Crippen molar-refractivity contribution in [1.29, 1.82) is 0 Å². The number of hydrogen-bond donors (Lipinski definition) is 1. The van der Waals surface area contributed by atoms with Crippen molar-refractivity contribution in [2.45, 2.75) is 25.9 Å². The first-order chi connectivity index (χ1) is 8.85. The molecule has 0 saturated heterocycles. The maximum absolute atomic E-state index is 13.2. The van der Waals surface area contributed by atoms with Crippen LogP contribution in [-0.4, -0.2) is 34.0 Å². The van der Waals surface area contributed by atoms with Gasteiger partial charge in [0.05, 0.1) is 11.0 Å². The highest BCUT2D eigenvalue weighted by Gasteiger charge is 2.21. The second-order valence-electron chi connectivity index (χ2n) is 4.25. The lowest BCUT2D eigenvalue weighted by atomic mass is 10.1. The van der Waals surface area contributed by atoms with Gasteiger partial charge in [-0.05, 0) is 25.1 Å². The first-order valence-corrected chi connectivity index (χ1v) is 5.72. The summed E-state index contributed by atoms with van der Waals surface area (Å²) >= 11 is 0. The lowest BCUT2D eigenvalue weighted by Crippen LogP contribution is -2.37. The van der Waals surface area contributed by atoms with E-state index < -0.39 is 22.8 Å². The average molecular weight is 270 g/mol. The van der Waals surface area contributed by atoms with Gasteiger partial charge in [0.2, 0.25) is 0 Å². The Balaban J connectivity index is 2.93. The van der Waals surface area contributed by atoms with Crippen molar-refractivity contribution < 1.29 is 19.2 Å². The fourth-order valence-corrected chi connectivity index (χ4v) is 1.90. The van der Waals surface area contributed by atoms with E-state index in [1.54, 1.807) is 14.0 Å². The number of carboxylic acids is 1. The van der Waals surface area contributed by atoms with E-state index in [4.69, 9.17) is 5.11 Å². The first-order valence-electron chi connectivity index (χ1n) is 5.72. The van der Waals surface area contributed by atoms with Crippen LogP contribution in [0, 0.1) is 15.9 Å². The molecule has 7 heteroatoms. The topological polar surface area (TPSA) is 83.7 Å². The molecule has 19 heavy (non-hydrogen) atoms. The van der Waals surface area contributed by atoms with E-state index >= 15 is 0 Å². The van der Waals surface area contributed by atoms with E-state index in [0.717, 1.165) is 12.1 Å². The number of rotatable bonds is 6. The Morgan fingerprint density at radius 2 is 2.16 bits per heavy atom. The molecule has 1 N–H and O–H groups in total. The molecule has 0 saturated carbocycles. The number of halogens is 1. The quantitative estimate of drug-likeness (QED) is 0.631. The number of nitro groups is 1.